The molecular formula is C25H34N2O6. The van der Waals surface area contributed by atoms with Crippen LogP contribution in [0.3, 0.4) is 0 Å². The van der Waals surface area contributed by atoms with Crippen LogP contribution in [0.4, 0.5) is 4.79 Å². The van der Waals surface area contributed by atoms with E-state index in [0.717, 1.165) is 44.3 Å². The Morgan fingerprint density at radius 3 is 2.73 bits per heavy atom. The molecule has 180 valence electrons. The zero-order valence-electron chi connectivity index (χ0n) is 19.1. The number of amides is 2. The Morgan fingerprint density at radius 2 is 1.88 bits per heavy atom. The molecule has 3 fully saturated rings. The van der Waals surface area contributed by atoms with Crippen LogP contribution in [0.5, 0.6) is 5.75 Å². The number of nitrogens with zero attached hydrogens (tertiary/aromatic N) is 1. The first-order chi connectivity index (χ1) is 16.1. The molecule has 1 N–H and O–H groups in total. The number of ether oxygens (including phenoxy) is 4. The highest BCUT2D eigenvalue weighted by Crippen LogP contribution is 2.37. The SMILES string of the molecule is O=C1COC[C@@]2(CCCN3C(=O)OCCCOc4cccc(c4)C4CCC(CC4)OC[C@H]32)N1. The first kappa shape index (κ1) is 22.5. The molecule has 8 nitrogen and oxygen atoms in total. The number of carbonyl (C=O) groups is 2. The Bertz CT molecular complexity index is 851. The molecule has 6 rings (SSSR count). The molecule has 1 aromatic rings. The van der Waals surface area contributed by atoms with Gasteiger partial charge in [-0.15, -0.1) is 0 Å². The zero-order valence-corrected chi connectivity index (χ0v) is 19.1. The number of hydrogen-bond donors (Lipinski definition) is 1. The van der Waals surface area contributed by atoms with Gasteiger partial charge in [-0.3, -0.25) is 4.79 Å². The summed E-state index contributed by atoms with van der Waals surface area (Å²) in [6.45, 7) is 2.16. The molecule has 4 aliphatic heterocycles. The maximum Gasteiger partial charge on any atom is 0.410 e. The Balaban J connectivity index is 1.36. The van der Waals surface area contributed by atoms with Crippen molar-refractivity contribution in [2.75, 3.05) is 39.6 Å². The number of benzene rings is 1. The van der Waals surface area contributed by atoms with Crippen LogP contribution in [0.15, 0.2) is 24.3 Å². The second-order valence-corrected chi connectivity index (χ2v) is 9.71. The highest BCUT2D eigenvalue weighted by molar-refractivity contribution is 5.79. The Morgan fingerprint density at radius 1 is 1.03 bits per heavy atom. The third-order valence-electron chi connectivity index (χ3n) is 7.53. The topological polar surface area (TPSA) is 86.3 Å². The fourth-order valence-electron chi connectivity index (χ4n) is 5.78. The fourth-order valence-corrected chi connectivity index (χ4v) is 5.78. The quantitative estimate of drug-likeness (QED) is 0.643. The number of morpholine rings is 1. The van der Waals surface area contributed by atoms with Crippen LogP contribution in [0, 0.1) is 0 Å². The Hall–Kier alpha value is -2.32. The predicted molar refractivity (Wildman–Crippen MR) is 120 cm³/mol. The molecule has 2 amide bonds. The van der Waals surface area contributed by atoms with Crippen LogP contribution < -0.4 is 10.1 Å². The van der Waals surface area contributed by atoms with E-state index in [1.165, 1.54) is 5.56 Å². The molecule has 1 spiro atoms. The van der Waals surface area contributed by atoms with E-state index < -0.39 is 5.54 Å². The molecule has 1 saturated carbocycles. The lowest BCUT2D eigenvalue weighted by Gasteiger charge is -2.51. The van der Waals surface area contributed by atoms with Crippen molar-refractivity contribution < 1.29 is 28.5 Å². The van der Waals surface area contributed by atoms with Crippen LogP contribution in [-0.4, -0.2) is 74.2 Å². The maximum absolute atomic E-state index is 13.1. The molecule has 5 aliphatic rings. The molecule has 2 saturated heterocycles. The standard InChI is InChI=1S/C25H34N2O6/c28-23-16-30-17-25(26-23)10-2-11-27-22(25)15-33-20-8-6-18(7-9-20)19-4-1-5-21(14-19)31-12-3-13-32-24(27)29/h1,4-5,14,18,20,22H,2-3,6-13,15-17H2,(H,26,28)/t18?,20?,22-,25+/m0/s1. The summed E-state index contributed by atoms with van der Waals surface area (Å²) < 4.78 is 23.6. The molecule has 0 unspecified atom stereocenters. The van der Waals surface area contributed by atoms with E-state index in [-0.39, 0.29) is 37.4 Å². The molecule has 2 atom stereocenters. The minimum Gasteiger partial charge on any atom is -0.493 e. The van der Waals surface area contributed by atoms with Gasteiger partial charge in [0.05, 0.1) is 44.1 Å². The lowest BCUT2D eigenvalue weighted by atomic mass is 9.80. The molecule has 4 heterocycles. The van der Waals surface area contributed by atoms with Crippen molar-refractivity contribution >= 4 is 12.0 Å². The lowest BCUT2D eigenvalue weighted by molar-refractivity contribution is -0.144. The van der Waals surface area contributed by atoms with Crippen LogP contribution in [0.25, 0.3) is 0 Å². The van der Waals surface area contributed by atoms with Gasteiger partial charge in [0.1, 0.15) is 12.4 Å². The predicted octanol–water partition coefficient (Wildman–Crippen LogP) is 3.00. The van der Waals surface area contributed by atoms with Gasteiger partial charge in [-0.2, -0.15) is 0 Å². The number of piperidine rings is 1. The van der Waals surface area contributed by atoms with Crippen LogP contribution in [-0.2, 0) is 19.0 Å². The minimum atomic E-state index is -0.630. The summed E-state index contributed by atoms with van der Waals surface area (Å²) in [5.74, 6) is 1.24. The van der Waals surface area contributed by atoms with Crippen molar-refractivity contribution in [2.24, 2.45) is 0 Å². The number of carbonyl (C=O) groups excluding carboxylic acids is 2. The Kier molecular flexibility index (Phi) is 6.74. The summed E-state index contributed by atoms with van der Waals surface area (Å²) in [4.78, 5) is 27.0. The number of fused-ring (bicyclic) bond motifs is 8. The van der Waals surface area contributed by atoms with Crippen LogP contribution >= 0.6 is 0 Å². The van der Waals surface area contributed by atoms with Gasteiger partial charge in [-0.05, 0) is 62.1 Å². The van der Waals surface area contributed by atoms with Gasteiger partial charge >= 0.3 is 6.09 Å². The molecular weight excluding hydrogens is 424 g/mol. The first-order valence-electron chi connectivity index (χ1n) is 12.3. The average molecular weight is 459 g/mol. The van der Waals surface area contributed by atoms with Gasteiger partial charge in [0.25, 0.3) is 0 Å². The van der Waals surface area contributed by atoms with Crippen LogP contribution in [0.2, 0.25) is 0 Å². The second-order valence-electron chi connectivity index (χ2n) is 9.71. The second kappa shape index (κ2) is 9.89. The average Bonchev–Trinajstić information content (AvgIpc) is 2.83. The zero-order chi connectivity index (χ0) is 22.7. The van der Waals surface area contributed by atoms with Gasteiger partial charge in [-0.25, -0.2) is 4.79 Å². The van der Waals surface area contributed by atoms with E-state index in [4.69, 9.17) is 18.9 Å². The summed E-state index contributed by atoms with van der Waals surface area (Å²) in [6, 6.07) is 8.05. The molecule has 4 bridgehead atoms. The van der Waals surface area contributed by atoms with Gasteiger partial charge in [-0.1, -0.05) is 12.1 Å². The summed E-state index contributed by atoms with van der Waals surface area (Å²) in [5, 5.41) is 3.15. The van der Waals surface area contributed by atoms with Crippen molar-refractivity contribution in [3.63, 3.8) is 0 Å². The van der Waals surface area contributed by atoms with Crippen LogP contribution in [0.1, 0.15) is 56.4 Å². The highest BCUT2D eigenvalue weighted by Gasteiger charge is 2.50. The number of hydrogen-bond acceptors (Lipinski definition) is 6. The molecule has 33 heavy (non-hydrogen) atoms. The van der Waals surface area contributed by atoms with E-state index in [1.807, 2.05) is 6.07 Å². The van der Waals surface area contributed by atoms with Gasteiger partial charge in [0.15, 0.2) is 0 Å². The van der Waals surface area contributed by atoms with Gasteiger partial charge < -0.3 is 29.2 Å². The first-order valence-corrected chi connectivity index (χ1v) is 12.3. The molecule has 1 aliphatic carbocycles. The molecule has 8 heteroatoms. The normalized spacial score (nSPS) is 33.5. The number of nitrogens with one attached hydrogen (secondary N) is 1. The van der Waals surface area contributed by atoms with Crippen molar-refractivity contribution in [3.8, 4) is 5.75 Å². The number of rotatable bonds is 0. The summed E-state index contributed by atoms with van der Waals surface area (Å²) in [6.07, 6.45) is 6.01. The van der Waals surface area contributed by atoms with Crippen molar-refractivity contribution in [3.05, 3.63) is 29.8 Å². The fraction of sp³-hybridized carbons (Fsp3) is 0.680. The molecule has 0 radical (unpaired) electrons. The summed E-state index contributed by atoms with van der Waals surface area (Å²) in [7, 11) is 0. The van der Waals surface area contributed by atoms with Crippen molar-refractivity contribution in [1.82, 2.24) is 10.2 Å². The van der Waals surface area contributed by atoms with E-state index in [2.05, 4.69) is 23.5 Å². The minimum absolute atomic E-state index is 0.0600. The van der Waals surface area contributed by atoms with E-state index >= 15 is 0 Å². The van der Waals surface area contributed by atoms with Gasteiger partial charge in [0.2, 0.25) is 5.91 Å². The highest BCUT2D eigenvalue weighted by atomic mass is 16.6. The largest absolute Gasteiger partial charge is 0.493 e. The van der Waals surface area contributed by atoms with E-state index in [0.29, 0.717) is 38.7 Å². The summed E-state index contributed by atoms with van der Waals surface area (Å²) in [5.41, 5.74) is 0.691. The molecule has 0 aromatic heterocycles. The van der Waals surface area contributed by atoms with Crippen molar-refractivity contribution in [1.29, 1.82) is 0 Å². The van der Waals surface area contributed by atoms with E-state index in [1.54, 1.807) is 4.90 Å². The third-order valence-corrected chi connectivity index (χ3v) is 7.53. The Labute approximate surface area is 194 Å². The monoisotopic (exact) mass is 458 g/mol. The van der Waals surface area contributed by atoms with E-state index in [9.17, 15) is 9.59 Å². The third kappa shape index (κ3) is 4.96. The smallest absolute Gasteiger partial charge is 0.410 e. The lowest BCUT2D eigenvalue weighted by Crippen LogP contribution is -2.72. The van der Waals surface area contributed by atoms with Crippen molar-refractivity contribution in [2.45, 2.75) is 68.5 Å². The molecule has 1 aromatic carbocycles. The van der Waals surface area contributed by atoms with Gasteiger partial charge in [0, 0.05) is 13.0 Å². The summed E-state index contributed by atoms with van der Waals surface area (Å²) >= 11 is 0. The maximum atomic E-state index is 13.1.